The number of carbonyl (C=O) groups excluding carboxylic acids is 2. The van der Waals surface area contributed by atoms with Gasteiger partial charge in [-0.2, -0.15) is 0 Å². The predicted octanol–water partition coefficient (Wildman–Crippen LogP) is 4.48. The fraction of sp³-hybridized carbons (Fsp3) is 0.200. The van der Waals surface area contributed by atoms with Crippen LogP contribution in [0, 0.1) is 0 Å². The summed E-state index contributed by atoms with van der Waals surface area (Å²) in [6, 6.07) is 11.0. The van der Waals surface area contributed by atoms with Crippen LogP contribution in [-0.2, 0) is 9.53 Å². The van der Waals surface area contributed by atoms with Gasteiger partial charge in [0.1, 0.15) is 4.88 Å². The van der Waals surface area contributed by atoms with Crippen molar-refractivity contribution in [1.82, 2.24) is 0 Å². The Kier molecular flexibility index (Phi) is 6.16. The molecule has 1 amide bonds. The SMILES string of the molecule is CCN(C(=O)COC(=O)c1cc(Br)c(Br)s1)c1ccccc1. The molecule has 0 aliphatic heterocycles. The summed E-state index contributed by atoms with van der Waals surface area (Å²) in [5.41, 5.74) is 0.785. The Balaban J connectivity index is 1.98. The van der Waals surface area contributed by atoms with Crippen LogP contribution in [-0.4, -0.2) is 25.0 Å². The van der Waals surface area contributed by atoms with E-state index in [0.29, 0.717) is 11.4 Å². The lowest BCUT2D eigenvalue weighted by Gasteiger charge is -2.20. The highest BCUT2D eigenvalue weighted by molar-refractivity contribution is 9.13. The number of nitrogens with zero attached hydrogens (tertiary/aromatic N) is 1. The lowest BCUT2D eigenvalue weighted by molar-refractivity contribution is -0.121. The van der Waals surface area contributed by atoms with Crippen LogP contribution in [0.1, 0.15) is 16.6 Å². The van der Waals surface area contributed by atoms with Gasteiger partial charge in [-0.25, -0.2) is 4.79 Å². The monoisotopic (exact) mass is 445 g/mol. The number of esters is 1. The Labute approximate surface area is 149 Å². The molecule has 1 aromatic carbocycles. The Morgan fingerprint density at radius 2 is 1.91 bits per heavy atom. The molecule has 0 aliphatic rings. The third kappa shape index (κ3) is 4.18. The van der Waals surface area contributed by atoms with Crippen molar-refractivity contribution in [3.63, 3.8) is 0 Å². The summed E-state index contributed by atoms with van der Waals surface area (Å²) in [6.07, 6.45) is 0. The van der Waals surface area contributed by atoms with Gasteiger partial charge in [-0.3, -0.25) is 4.79 Å². The molecule has 0 unspecified atom stereocenters. The van der Waals surface area contributed by atoms with Gasteiger partial charge in [-0.1, -0.05) is 18.2 Å². The number of hydrogen-bond acceptors (Lipinski definition) is 4. The molecule has 0 saturated heterocycles. The van der Waals surface area contributed by atoms with Gasteiger partial charge >= 0.3 is 5.97 Å². The number of ether oxygens (including phenoxy) is 1. The maximum Gasteiger partial charge on any atom is 0.348 e. The number of carbonyl (C=O) groups is 2. The van der Waals surface area contributed by atoms with Crippen molar-refractivity contribution in [3.8, 4) is 0 Å². The number of hydrogen-bond donors (Lipinski definition) is 0. The van der Waals surface area contributed by atoms with Crippen LogP contribution in [0.4, 0.5) is 5.69 Å². The molecule has 0 saturated carbocycles. The second kappa shape index (κ2) is 7.89. The smallest absolute Gasteiger partial charge is 0.348 e. The van der Waals surface area contributed by atoms with Crippen LogP contribution >= 0.6 is 43.2 Å². The normalized spacial score (nSPS) is 10.3. The molecule has 1 aromatic heterocycles. The van der Waals surface area contributed by atoms with Crippen LogP contribution in [0.15, 0.2) is 44.7 Å². The van der Waals surface area contributed by atoms with Gasteiger partial charge in [0.2, 0.25) is 0 Å². The van der Waals surface area contributed by atoms with E-state index in [1.165, 1.54) is 11.3 Å². The van der Waals surface area contributed by atoms with Crippen LogP contribution < -0.4 is 4.90 Å². The molecule has 2 rings (SSSR count). The lowest BCUT2D eigenvalue weighted by Crippen LogP contribution is -2.34. The average molecular weight is 447 g/mol. The number of amides is 1. The van der Waals surface area contributed by atoms with Crippen molar-refractivity contribution in [2.75, 3.05) is 18.1 Å². The molecular weight excluding hydrogens is 434 g/mol. The second-order valence-electron chi connectivity index (χ2n) is 4.28. The number of rotatable bonds is 5. The third-order valence-electron chi connectivity index (χ3n) is 2.86. The maximum absolute atomic E-state index is 12.2. The third-order valence-corrected chi connectivity index (χ3v) is 6.09. The number of halogens is 2. The molecule has 116 valence electrons. The van der Waals surface area contributed by atoms with Crippen molar-refractivity contribution in [3.05, 3.63) is 49.5 Å². The van der Waals surface area contributed by atoms with Crippen LogP contribution in [0.2, 0.25) is 0 Å². The first kappa shape index (κ1) is 17.2. The van der Waals surface area contributed by atoms with E-state index in [-0.39, 0.29) is 12.5 Å². The molecule has 7 heteroatoms. The summed E-state index contributed by atoms with van der Waals surface area (Å²) >= 11 is 7.88. The summed E-state index contributed by atoms with van der Waals surface area (Å²) in [5.74, 6) is -0.759. The van der Waals surface area contributed by atoms with Gasteiger partial charge in [-0.05, 0) is 57.0 Å². The molecule has 0 radical (unpaired) electrons. The Morgan fingerprint density at radius 3 is 2.45 bits per heavy atom. The molecule has 0 aliphatic carbocycles. The first-order valence-corrected chi connectivity index (χ1v) is 8.90. The van der Waals surface area contributed by atoms with Gasteiger partial charge in [0.05, 0.1) is 3.79 Å². The predicted molar refractivity (Wildman–Crippen MR) is 94.5 cm³/mol. The standard InChI is InChI=1S/C15H13Br2NO3S/c1-2-18(10-6-4-3-5-7-10)13(19)9-21-15(20)12-8-11(16)14(17)22-12/h3-8H,2,9H2,1H3. The van der Waals surface area contributed by atoms with Gasteiger partial charge in [0.25, 0.3) is 5.91 Å². The van der Waals surface area contributed by atoms with Gasteiger partial charge < -0.3 is 9.64 Å². The Hall–Kier alpha value is -1.18. The van der Waals surface area contributed by atoms with E-state index in [1.54, 1.807) is 11.0 Å². The van der Waals surface area contributed by atoms with E-state index in [0.717, 1.165) is 13.9 Å². The first-order valence-electron chi connectivity index (χ1n) is 6.50. The van der Waals surface area contributed by atoms with Crippen LogP contribution in [0.5, 0.6) is 0 Å². The summed E-state index contributed by atoms with van der Waals surface area (Å²) in [6.45, 7) is 2.10. The zero-order valence-electron chi connectivity index (χ0n) is 11.7. The summed E-state index contributed by atoms with van der Waals surface area (Å²) in [5, 5.41) is 0. The maximum atomic E-state index is 12.2. The van der Waals surface area contributed by atoms with Gasteiger partial charge in [0.15, 0.2) is 6.61 Å². The number of para-hydroxylation sites is 1. The average Bonchev–Trinajstić information content (AvgIpc) is 2.86. The quantitative estimate of drug-likeness (QED) is 0.636. The van der Waals surface area contributed by atoms with E-state index in [2.05, 4.69) is 31.9 Å². The Morgan fingerprint density at radius 1 is 1.23 bits per heavy atom. The minimum atomic E-state index is -0.506. The number of likely N-dealkylation sites (N-methyl/N-ethyl adjacent to an activating group) is 1. The first-order chi connectivity index (χ1) is 10.5. The molecule has 0 spiro atoms. The number of thiophene rings is 1. The molecule has 2 aromatic rings. The molecular formula is C15H13Br2NO3S. The largest absolute Gasteiger partial charge is 0.451 e. The van der Waals surface area contributed by atoms with Crippen molar-refractivity contribution < 1.29 is 14.3 Å². The van der Waals surface area contributed by atoms with Gasteiger partial charge in [-0.15, -0.1) is 11.3 Å². The van der Waals surface area contributed by atoms with E-state index in [1.807, 2.05) is 37.3 Å². The molecule has 0 atom stereocenters. The highest BCUT2D eigenvalue weighted by Crippen LogP contribution is 2.32. The highest BCUT2D eigenvalue weighted by atomic mass is 79.9. The van der Waals surface area contributed by atoms with E-state index in [4.69, 9.17) is 4.74 Å². The van der Waals surface area contributed by atoms with Crippen LogP contribution in [0.25, 0.3) is 0 Å². The van der Waals surface area contributed by atoms with Crippen molar-refractivity contribution >= 4 is 60.8 Å². The van der Waals surface area contributed by atoms with Crippen LogP contribution in [0.3, 0.4) is 0 Å². The van der Waals surface area contributed by atoms with E-state index >= 15 is 0 Å². The van der Waals surface area contributed by atoms with Crippen molar-refractivity contribution in [2.45, 2.75) is 6.92 Å². The molecule has 0 N–H and O–H groups in total. The molecule has 0 bridgehead atoms. The van der Waals surface area contributed by atoms with Crippen molar-refractivity contribution in [2.24, 2.45) is 0 Å². The molecule has 0 fully saturated rings. The number of benzene rings is 1. The minimum absolute atomic E-state index is 0.253. The summed E-state index contributed by atoms with van der Waals surface area (Å²) < 4.78 is 6.70. The summed E-state index contributed by atoms with van der Waals surface area (Å²) in [7, 11) is 0. The molecule has 1 heterocycles. The zero-order valence-corrected chi connectivity index (χ0v) is 15.7. The lowest BCUT2D eigenvalue weighted by atomic mass is 10.3. The fourth-order valence-electron chi connectivity index (χ4n) is 1.83. The molecule has 22 heavy (non-hydrogen) atoms. The van der Waals surface area contributed by atoms with Crippen molar-refractivity contribution in [1.29, 1.82) is 0 Å². The zero-order chi connectivity index (χ0) is 16.1. The minimum Gasteiger partial charge on any atom is -0.451 e. The summed E-state index contributed by atoms with van der Waals surface area (Å²) in [4.78, 5) is 26.2. The van der Waals surface area contributed by atoms with Gasteiger partial charge in [0, 0.05) is 16.7 Å². The molecule has 4 nitrogen and oxygen atoms in total. The second-order valence-corrected chi connectivity index (χ2v) is 7.51. The Bertz CT molecular complexity index is 653. The van der Waals surface area contributed by atoms with E-state index < -0.39 is 5.97 Å². The fourth-order valence-corrected chi connectivity index (χ4v) is 3.76. The number of anilines is 1. The van der Waals surface area contributed by atoms with E-state index in [9.17, 15) is 9.59 Å². The highest BCUT2D eigenvalue weighted by Gasteiger charge is 2.18. The topological polar surface area (TPSA) is 46.6 Å².